The maximum absolute atomic E-state index is 12.6. The average Bonchev–Trinajstić information content (AvgIpc) is 3.06. The third-order valence-corrected chi connectivity index (χ3v) is 5.56. The Morgan fingerprint density at radius 2 is 1.91 bits per heavy atom. The van der Waals surface area contributed by atoms with Crippen LogP contribution in [0, 0.1) is 0 Å². The summed E-state index contributed by atoms with van der Waals surface area (Å²) in [6.07, 6.45) is 3.86. The van der Waals surface area contributed by atoms with E-state index in [1.54, 1.807) is 18.2 Å². The zero-order chi connectivity index (χ0) is 23.1. The van der Waals surface area contributed by atoms with Gasteiger partial charge in [0.15, 0.2) is 11.5 Å². The highest BCUT2D eigenvalue weighted by atomic mass is 32.2. The maximum atomic E-state index is 12.6. The monoisotopic (exact) mass is 453 g/mol. The molecule has 7 nitrogen and oxygen atoms in total. The molecule has 0 spiro atoms. The van der Waals surface area contributed by atoms with Crippen LogP contribution in [0.25, 0.3) is 6.08 Å². The lowest BCUT2D eigenvalue weighted by Crippen LogP contribution is -2.34. The van der Waals surface area contributed by atoms with Crippen molar-refractivity contribution in [1.29, 1.82) is 0 Å². The molecule has 1 heterocycles. The molecule has 2 aromatic rings. The van der Waals surface area contributed by atoms with Gasteiger partial charge in [0.05, 0.1) is 19.1 Å². The number of carbonyl (C=O) groups is 3. The second kappa shape index (κ2) is 10.7. The van der Waals surface area contributed by atoms with Crippen LogP contribution >= 0.6 is 11.8 Å². The minimum atomic E-state index is -0.664. The number of hydrogen-bond donors (Lipinski definition) is 0. The predicted octanol–water partition coefficient (Wildman–Crippen LogP) is 4.21. The molecule has 1 saturated heterocycles. The summed E-state index contributed by atoms with van der Waals surface area (Å²) in [4.78, 5) is 37.3. The van der Waals surface area contributed by atoms with E-state index in [4.69, 9.17) is 9.47 Å². The van der Waals surface area contributed by atoms with Gasteiger partial charge in [0.2, 0.25) is 0 Å². The number of ether oxygens (including phenoxy) is 3. The predicted molar refractivity (Wildman–Crippen MR) is 122 cm³/mol. The van der Waals surface area contributed by atoms with Gasteiger partial charge >= 0.3 is 5.97 Å². The van der Waals surface area contributed by atoms with E-state index in [-0.39, 0.29) is 4.91 Å². The number of benzene rings is 2. The lowest BCUT2D eigenvalue weighted by molar-refractivity contribution is -0.143. The van der Waals surface area contributed by atoms with Gasteiger partial charge in [-0.15, -0.1) is 6.58 Å². The molecule has 0 N–H and O–H groups in total. The van der Waals surface area contributed by atoms with Crippen molar-refractivity contribution in [3.05, 3.63) is 76.7 Å². The van der Waals surface area contributed by atoms with Crippen LogP contribution in [0.4, 0.5) is 4.79 Å². The lowest BCUT2D eigenvalue weighted by Gasteiger charge is -2.16. The number of amides is 2. The number of hydrogen-bond acceptors (Lipinski definition) is 7. The second-order valence-electron chi connectivity index (χ2n) is 6.82. The van der Waals surface area contributed by atoms with Crippen molar-refractivity contribution in [3.8, 4) is 11.5 Å². The molecule has 1 fully saturated rings. The van der Waals surface area contributed by atoms with E-state index in [1.807, 2.05) is 36.4 Å². The van der Waals surface area contributed by atoms with Crippen LogP contribution in [0.15, 0.2) is 60.0 Å². The highest BCUT2D eigenvalue weighted by Gasteiger charge is 2.36. The number of methoxy groups -OCH3 is 2. The molecule has 8 heteroatoms. The van der Waals surface area contributed by atoms with Crippen molar-refractivity contribution in [2.45, 2.75) is 13.0 Å². The van der Waals surface area contributed by atoms with E-state index in [1.165, 1.54) is 14.2 Å². The largest absolute Gasteiger partial charge is 0.493 e. The van der Waals surface area contributed by atoms with Gasteiger partial charge in [-0.3, -0.25) is 19.3 Å². The maximum Gasteiger partial charge on any atom is 0.325 e. The Labute approximate surface area is 190 Å². The van der Waals surface area contributed by atoms with E-state index >= 15 is 0 Å². The van der Waals surface area contributed by atoms with Crippen LogP contribution in [0.2, 0.25) is 0 Å². The molecular formula is C24H23NO6S. The molecule has 0 unspecified atom stereocenters. The molecule has 3 rings (SSSR count). The van der Waals surface area contributed by atoms with Gasteiger partial charge in [-0.2, -0.15) is 0 Å². The number of rotatable bonds is 9. The Balaban J connectivity index is 1.90. The van der Waals surface area contributed by atoms with Crippen LogP contribution < -0.4 is 9.47 Å². The fourth-order valence-corrected chi connectivity index (χ4v) is 3.94. The van der Waals surface area contributed by atoms with Crippen molar-refractivity contribution in [3.63, 3.8) is 0 Å². The molecular weight excluding hydrogens is 430 g/mol. The molecule has 0 aliphatic carbocycles. The Hall–Kier alpha value is -3.52. The number of thioether (sulfide) groups is 1. The lowest BCUT2D eigenvalue weighted by atomic mass is 10.0. The zero-order valence-corrected chi connectivity index (χ0v) is 18.6. The number of imide groups is 1. The Kier molecular flexibility index (Phi) is 7.72. The number of allylic oxidation sites excluding steroid dienone is 1. The van der Waals surface area contributed by atoms with Crippen molar-refractivity contribution >= 4 is 35.0 Å². The summed E-state index contributed by atoms with van der Waals surface area (Å²) in [5, 5.41) is -0.521. The second-order valence-corrected chi connectivity index (χ2v) is 7.82. The average molecular weight is 454 g/mol. The third kappa shape index (κ3) is 5.39. The SMILES string of the molecule is C=CCc1cc(/C=C2/SC(=O)N(CC(=O)OC)C2=O)cc(OC)c1OCc1ccccc1. The zero-order valence-electron chi connectivity index (χ0n) is 17.8. The molecule has 0 saturated carbocycles. The molecule has 0 aromatic heterocycles. The van der Waals surface area contributed by atoms with Crippen molar-refractivity contribution in [2.75, 3.05) is 20.8 Å². The standard InChI is InChI=1S/C24H23NO6S/c1-4-8-18-11-17(13-20-23(27)25(24(28)32-20)14-21(26)30-3)12-19(29-2)22(18)31-15-16-9-6-5-7-10-16/h4-7,9-13H,1,8,14-15H2,2-3H3/b20-13+. The normalized spacial score (nSPS) is 14.6. The smallest absolute Gasteiger partial charge is 0.325 e. The minimum Gasteiger partial charge on any atom is -0.493 e. The van der Waals surface area contributed by atoms with E-state index in [9.17, 15) is 14.4 Å². The fraction of sp³-hybridized carbons (Fsp3) is 0.208. The number of nitrogens with zero attached hydrogens (tertiary/aromatic N) is 1. The molecule has 0 atom stereocenters. The summed E-state index contributed by atoms with van der Waals surface area (Å²) in [5.74, 6) is -0.116. The fourth-order valence-electron chi connectivity index (χ4n) is 3.10. The van der Waals surface area contributed by atoms with Crippen LogP contribution in [0.3, 0.4) is 0 Å². The Morgan fingerprint density at radius 1 is 1.16 bits per heavy atom. The summed E-state index contributed by atoms with van der Waals surface area (Å²) < 4.78 is 16.1. The van der Waals surface area contributed by atoms with E-state index in [0.29, 0.717) is 30.1 Å². The van der Waals surface area contributed by atoms with Gasteiger partial charge in [0, 0.05) is 5.56 Å². The molecule has 2 aromatic carbocycles. The van der Waals surface area contributed by atoms with Gasteiger partial charge in [-0.25, -0.2) is 0 Å². The van der Waals surface area contributed by atoms with Crippen LogP contribution in [-0.4, -0.2) is 42.8 Å². The van der Waals surface area contributed by atoms with Crippen LogP contribution in [-0.2, 0) is 27.4 Å². The first kappa shape index (κ1) is 23.1. The number of esters is 1. The van der Waals surface area contributed by atoms with Gasteiger partial charge in [-0.05, 0) is 47.5 Å². The molecule has 32 heavy (non-hydrogen) atoms. The first-order valence-corrected chi connectivity index (χ1v) is 10.6. The summed E-state index contributed by atoms with van der Waals surface area (Å²) in [7, 11) is 2.74. The molecule has 0 radical (unpaired) electrons. The molecule has 166 valence electrons. The van der Waals surface area contributed by atoms with Crippen LogP contribution in [0.1, 0.15) is 16.7 Å². The topological polar surface area (TPSA) is 82.1 Å². The van der Waals surface area contributed by atoms with Gasteiger partial charge in [-0.1, -0.05) is 36.4 Å². The summed E-state index contributed by atoms with van der Waals surface area (Å²) >= 11 is 0.772. The third-order valence-electron chi connectivity index (χ3n) is 4.65. The highest BCUT2D eigenvalue weighted by molar-refractivity contribution is 8.18. The van der Waals surface area contributed by atoms with Crippen LogP contribution in [0.5, 0.6) is 11.5 Å². The Morgan fingerprint density at radius 3 is 2.56 bits per heavy atom. The minimum absolute atomic E-state index is 0.212. The molecule has 0 bridgehead atoms. The van der Waals surface area contributed by atoms with Gasteiger partial charge in [0.1, 0.15) is 13.2 Å². The first-order valence-electron chi connectivity index (χ1n) is 9.77. The molecule has 1 aliphatic rings. The van der Waals surface area contributed by atoms with Crippen molar-refractivity contribution in [2.24, 2.45) is 0 Å². The number of carbonyl (C=O) groups excluding carboxylic acids is 3. The van der Waals surface area contributed by atoms with Gasteiger partial charge < -0.3 is 14.2 Å². The first-order chi connectivity index (χ1) is 15.5. The summed E-state index contributed by atoms with van der Waals surface area (Å²) in [6, 6.07) is 13.4. The Bertz CT molecular complexity index is 1060. The van der Waals surface area contributed by atoms with Gasteiger partial charge in [0.25, 0.3) is 11.1 Å². The highest BCUT2D eigenvalue weighted by Crippen LogP contribution is 2.37. The molecule has 2 amide bonds. The molecule has 1 aliphatic heterocycles. The van der Waals surface area contributed by atoms with Crippen molar-refractivity contribution in [1.82, 2.24) is 4.90 Å². The van der Waals surface area contributed by atoms with E-state index in [0.717, 1.165) is 27.8 Å². The van der Waals surface area contributed by atoms with E-state index < -0.39 is 23.7 Å². The summed E-state index contributed by atoms with van der Waals surface area (Å²) in [5.41, 5.74) is 2.51. The summed E-state index contributed by atoms with van der Waals surface area (Å²) in [6.45, 7) is 3.75. The quantitative estimate of drug-likeness (QED) is 0.320. The van der Waals surface area contributed by atoms with Crippen molar-refractivity contribution < 1.29 is 28.6 Å². The van der Waals surface area contributed by atoms with E-state index in [2.05, 4.69) is 11.3 Å².